The normalized spacial score (nSPS) is 9.31. The molecule has 0 aliphatic carbocycles. The number of esters is 1. The van der Waals surface area contributed by atoms with E-state index in [1.165, 1.54) is 0 Å². The standard InChI is InChI=1S/C11H13N3O2/c1-2-16-11(15)7-6-9-4-3-5-10(8-9)13-14-12/h3-5,8H,2,6-7H2,1H3. The molecule has 0 atom stereocenters. The van der Waals surface area contributed by atoms with Gasteiger partial charge in [0.15, 0.2) is 0 Å². The van der Waals surface area contributed by atoms with E-state index in [0.29, 0.717) is 25.1 Å². The number of carbonyl (C=O) groups excluding carboxylic acids is 1. The highest BCUT2D eigenvalue weighted by Gasteiger charge is 2.02. The maximum Gasteiger partial charge on any atom is 0.306 e. The number of ether oxygens (including phenoxy) is 1. The van der Waals surface area contributed by atoms with Gasteiger partial charge in [0, 0.05) is 17.0 Å². The van der Waals surface area contributed by atoms with Crippen molar-refractivity contribution in [3.63, 3.8) is 0 Å². The zero-order chi connectivity index (χ0) is 11.8. The van der Waals surface area contributed by atoms with Gasteiger partial charge in [-0.15, -0.1) is 0 Å². The van der Waals surface area contributed by atoms with Gasteiger partial charge >= 0.3 is 5.97 Å². The third-order valence-corrected chi connectivity index (χ3v) is 1.99. The minimum atomic E-state index is -0.211. The summed E-state index contributed by atoms with van der Waals surface area (Å²) >= 11 is 0. The van der Waals surface area contributed by atoms with Crippen LogP contribution in [0.2, 0.25) is 0 Å². The Balaban J connectivity index is 2.57. The number of azide groups is 1. The first-order valence-electron chi connectivity index (χ1n) is 5.06. The van der Waals surface area contributed by atoms with E-state index >= 15 is 0 Å². The van der Waals surface area contributed by atoms with E-state index in [2.05, 4.69) is 10.0 Å². The molecule has 0 saturated heterocycles. The molecule has 1 rings (SSSR count). The Bertz CT molecular complexity index is 411. The molecule has 0 radical (unpaired) electrons. The van der Waals surface area contributed by atoms with Crippen LogP contribution in [-0.4, -0.2) is 12.6 Å². The molecular formula is C11H13N3O2. The van der Waals surface area contributed by atoms with Crippen molar-refractivity contribution in [3.8, 4) is 0 Å². The second-order valence-electron chi connectivity index (χ2n) is 3.16. The monoisotopic (exact) mass is 219 g/mol. The summed E-state index contributed by atoms with van der Waals surface area (Å²) < 4.78 is 4.82. The number of nitrogens with zero attached hydrogens (tertiary/aromatic N) is 3. The van der Waals surface area contributed by atoms with Gasteiger partial charge in [0.25, 0.3) is 0 Å². The molecule has 84 valence electrons. The van der Waals surface area contributed by atoms with Crippen molar-refractivity contribution in [2.75, 3.05) is 6.61 Å². The van der Waals surface area contributed by atoms with E-state index < -0.39 is 0 Å². The van der Waals surface area contributed by atoms with E-state index in [-0.39, 0.29) is 5.97 Å². The van der Waals surface area contributed by atoms with Crippen LogP contribution >= 0.6 is 0 Å². The van der Waals surface area contributed by atoms with Gasteiger partial charge in [-0.3, -0.25) is 4.79 Å². The van der Waals surface area contributed by atoms with Gasteiger partial charge in [0.05, 0.1) is 6.61 Å². The predicted molar refractivity (Wildman–Crippen MR) is 60.2 cm³/mol. The van der Waals surface area contributed by atoms with Crippen LogP contribution in [0.15, 0.2) is 29.4 Å². The van der Waals surface area contributed by atoms with Crippen LogP contribution in [0.4, 0.5) is 5.69 Å². The lowest BCUT2D eigenvalue weighted by atomic mass is 10.1. The molecule has 0 heterocycles. The number of carbonyl (C=O) groups is 1. The topological polar surface area (TPSA) is 75.1 Å². The van der Waals surface area contributed by atoms with Crippen LogP contribution in [0.5, 0.6) is 0 Å². The predicted octanol–water partition coefficient (Wildman–Crippen LogP) is 3.12. The van der Waals surface area contributed by atoms with Crippen molar-refractivity contribution >= 4 is 11.7 Å². The first-order chi connectivity index (χ1) is 7.76. The van der Waals surface area contributed by atoms with Gasteiger partial charge in [0.2, 0.25) is 0 Å². The van der Waals surface area contributed by atoms with E-state index in [0.717, 1.165) is 5.56 Å². The fourth-order valence-corrected chi connectivity index (χ4v) is 1.31. The molecule has 1 aromatic rings. The Morgan fingerprint density at radius 1 is 1.56 bits per heavy atom. The smallest absolute Gasteiger partial charge is 0.306 e. The van der Waals surface area contributed by atoms with Crippen LogP contribution in [0.1, 0.15) is 18.9 Å². The molecule has 1 aromatic carbocycles. The highest BCUT2D eigenvalue weighted by atomic mass is 16.5. The van der Waals surface area contributed by atoms with Gasteiger partial charge in [-0.1, -0.05) is 23.3 Å². The Hall–Kier alpha value is -2.00. The van der Waals surface area contributed by atoms with Crippen molar-refractivity contribution in [1.82, 2.24) is 0 Å². The first-order valence-corrected chi connectivity index (χ1v) is 5.06. The maximum atomic E-state index is 11.1. The van der Waals surface area contributed by atoms with Gasteiger partial charge in [0.1, 0.15) is 0 Å². The van der Waals surface area contributed by atoms with Gasteiger partial charge in [-0.2, -0.15) is 0 Å². The zero-order valence-corrected chi connectivity index (χ0v) is 9.09. The molecule has 5 heteroatoms. The molecule has 0 unspecified atom stereocenters. The molecule has 0 fully saturated rings. The number of aryl methyl sites for hydroxylation is 1. The maximum absolute atomic E-state index is 11.1. The Morgan fingerprint density at radius 2 is 2.38 bits per heavy atom. The molecule has 0 aliphatic rings. The molecule has 0 spiro atoms. The fourth-order valence-electron chi connectivity index (χ4n) is 1.31. The summed E-state index contributed by atoms with van der Waals surface area (Å²) in [4.78, 5) is 13.8. The Kier molecular flexibility index (Phi) is 4.89. The molecule has 16 heavy (non-hydrogen) atoms. The van der Waals surface area contributed by atoms with E-state index in [1.54, 1.807) is 25.1 Å². The summed E-state index contributed by atoms with van der Waals surface area (Å²) in [7, 11) is 0. The minimum Gasteiger partial charge on any atom is -0.466 e. The lowest BCUT2D eigenvalue weighted by Crippen LogP contribution is -2.04. The largest absolute Gasteiger partial charge is 0.466 e. The number of hydrogen-bond acceptors (Lipinski definition) is 3. The quantitative estimate of drug-likeness (QED) is 0.330. The second kappa shape index (κ2) is 6.48. The molecule has 5 nitrogen and oxygen atoms in total. The SMILES string of the molecule is CCOC(=O)CCc1cccc(N=[N+]=[N-])c1. The van der Waals surface area contributed by atoms with Crippen molar-refractivity contribution in [2.45, 2.75) is 19.8 Å². The number of benzene rings is 1. The van der Waals surface area contributed by atoms with E-state index in [1.807, 2.05) is 6.07 Å². The second-order valence-corrected chi connectivity index (χ2v) is 3.16. The van der Waals surface area contributed by atoms with Crippen LogP contribution in [0, 0.1) is 0 Å². The van der Waals surface area contributed by atoms with Crippen molar-refractivity contribution < 1.29 is 9.53 Å². The fraction of sp³-hybridized carbons (Fsp3) is 0.364. The average Bonchev–Trinajstić information content (AvgIpc) is 2.28. The highest BCUT2D eigenvalue weighted by Crippen LogP contribution is 2.15. The summed E-state index contributed by atoms with van der Waals surface area (Å²) in [5, 5.41) is 3.50. The number of hydrogen-bond donors (Lipinski definition) is 0. The van der Waals surface area contributed by atoms with Crippen LogP contribution in [0.3, 0.4) is 0 Å². The molecule has 0 saturated carbocycles. The molecule has 0 amide bonds. The van der Waals surface area contributed by atoms with Gasteiger partial charge in [-0.05, 0) is 30.5 Å². The number of rotatable bonds is 5. The lowest BCUT2D eigenvalue weighted by Gasteiger charge is -2.02. The molecule has 0 N–H and O–H groups in total. The third-order valence-electron chi connectivity index (χ3n) is 1.99. The first kappa shape index (κ1) is 12.1. The zero-order valence-electron chi connectivity index (χ0n) is 9.09. The van der Waals surface area contributed by atoms with E-state index in [4.69, 9.17) is 10.3 Å². The Morgan fingerprint density at radius 3 is 3.06 bits per heavy atom. The Labute approximate surface area is 93.7 Å². The molecule has 0 aliphatic heterocycles. The molecule has 0 aromatic heterocycles. The average molecular weight is 219 g/mol. The lowest BCUT2D eigenvalue weighted by molar-refractivity contribution is -0.143. The van der Waals surface area contributed by atoms with Crippen LogP contribution in [-0.2, 0) is 16.0 Å². The van der Waals surface area contributed by atoms with Crippen molar-refractivity contribution in [3.05, 3.63) is 40.3 Å². The summed E-state index contributed by atoms with van der Waals surface area (Å²) in [6, 6.07) is 7.16. The van der Waals surface area contributed by atoms with Crippen molar-refractivity contribution in [2.24, 2.45) is 5.11 Å². The highest BCUT2D eigenvalue weighted by molar-refractivity contribution is 5.69. The summed E-state index contributed by atoms with van der Waals surface area (Å²) in [6.45, 7) is 2.18. The summed E-state index contributed by atoms with van der Waals surface area (Å²) in [6.07, 6.45) is 0.932. The van der Waals surface area contributed by atoms with E-state index in [9.17, 15) is 4.79 Å². The van der Waals surface area contributed by atoms with Crippen LogP contribution < -0.4 is 0 Å². The van der Waals surface area contributed by atoms with Crippen molar-refractivity contribution in [1.29, 1.82) is 0 Å². The third kappa shape index (κ3) is 4.02. The molecule has 0 bridgehead atoms. The van der Waals surface area contributed by atoms with Gasteiger partial charge in [-0.25, -0.2) is 0 Å². The summed E-state index contributed by atoms with van der Waals surface area (Å²) in [5.41, 5.74) is 9.80. The van der Waals surface area contributed by atoms with Gasteiger partial charge < -0.3 is 4.74 Å². The molecular weight excluding hydrogens is 206 g/mol. The summed E-state index contributed by atoms with van der Waals surface area (Å²) in [5.74, 6) is -0.211. The minimum absolute atomic E-state index is 0.211. The van der Waals surface area contributed by atoms with Crippen LogP contribution in [0.25, 0.3) is 10.4 Å².